The Morgan fingerprint density at radius 2 is 2.25 bits per heavy atom. The number of hydrogen-bond acceptors (Lipinski definition) is 4. The lowest BCUT2D eigenvalue weighted by Crippen LogP contribution is -2.48. The highest BCUT2D eigenvalue weighted by atomic mass is 16.6. The number of amides is 2. The molecule has 6 nitrogen and oxygen atoms in total. The molecule has 1 atom stereocenters. The van der Waals surface area contributed by atoms with Crippen LogP contribution in [0.15, 0.2) is 18.3 Å². The molecule has 108 valence electrons. The molecule has 1 unspecified atom stereocenters. The van der Waals surface area contributed by atoms with E-state index in [4.69, 9.17) is 10.5 Å². The zero-order valence-corrected chi connectivity index (χ0v) is 11.7. The molecule has 2 rings (SSSR count). The van der Waals surface area contributed by atoms with Crippen LogP contribution in [0.4, 0.5) is 4.79 Å². The predicted octanol–water partition coefficient (Wildman–Crippen LogP) is 1.45. The topological polar surface area (TPSA) is 94.3 Å². The number of carbonyl (C=O) groups excluding carboxylic acids is 2. The third kappa shape index (κ3) is 3.07. The van der Waals surface area contributed by atoms with Crippen LogP contribution in [0.2, 0.25) is 0 Å². The number of ether oxygens (including phenoxy) is 1. The van der Waals surface area contributed by atoms with Crippen LogP contribution in [-0.2, 0) is 16.0 Å². The zero-order chi connectivity index (χ0) is 14.8. The van der Waals surface area contributed by atoms with Crippen molar-refractivity contribution in [1.82, 2.24) is 10.3 Å². The van der Waals surface area contributed by atoms with E-state index in [1.807, 2.05) is 12.1 Å². The second kappa shape index (κ2) is 5.48. The molecule has 6 heteroatoms. The van der Waals surface area contributed by atoms with Gasteiger partial charge in [-0.15, -0.1) is 0 Å². The van der Waals surface area contributed by atoms with Crippen LogP contribution in [-0.4, -0.2) is 22.6 Å². The molecule has 1 aliphatic carbocycles. The van der Waals surface area contributed by atoms with E-state index in [9.17, 15) is 9.59 Å². The van der Waals surface area contributed by atoms with E-state index in [0.29, 0.717) is 0 Å². The number of nitrogens with two attached hydrogens (primary N) is 1. The number of fused-ring (bicyclic) bond motifs is 1. The van der Waals surface area contributed by atoms with Gasteiger partial charge in [0.05, 0.1) is 11.7 Å². The lowest BCUT2D eigenvalue weighted by molar-refractivity contribution is -0.137. The first-order valence-electron chi connectivity index (χ1n) is 6.63. The van der Waals surface area contributed by atoms with Gasteiger partial charge < -0.3 is 15.8 Å². The maximum Gasteiger partial charge on any atom is 0.405 e. The van der Waals surface area contributed by atoms with E-state index in [0.717, 1.165) is 30.5 Å². The molecule has 1 aromatic heterocycles. The van der Waals surface area contributed by atoms with Gasteiger partial charge in [-0.2, -0.15) is 0 Å². The Morgan fingerprint density at radius 3 is 2.95 bits per heavy atom. The molecule has 0 spiro atoms. The van der Waals surface area contributed by atoms with Crippen molar-refractivity contribution >= 4 is 12.0 Å². The zero-order valence-electron chi connectivity index (χ0n) is 11.7. The van der Waals surface area contributed by atoms with Crippen molar-refractivity contribution in [3.8, 4) is 0 Å². The van der Waals surface area contributed by atoms with Crippen molar-refractivity contribution < 1.29 is 14.3 Å². The first-order chi connectivity index (χ1) is 9.40. The minimum absolute atomic E-state index is 0.150. The maximum atomic E-state index is 12.2. The van der Waals surface area contributed by atoms with E-state index in [2.05, 4.69) is 10.3 Å². The average molecular weight is 277 g/mol. The highest BCUT2D eigenvalue weighted by molar-refractivity contribution is 5.86. The number of nitrogens with one attached hydrogen (secondary N) is 1. The number of primary amides is 1. The summed E-state index contributed by atoms with van der Waals surface area (Å²) in [6, 6.07) is 3.76. The fourth-order valence-electron chi connectivity index (χ4n) is 2.38. The van der Waals surface area contributed by atoms with Gasteiger partial charge in [0, 0.05) is 6.20 Å². The van der Waals surface area contributed by atoms with Crippen molar-refractivity contribution in [2.24, 2.45) is 5.73 Å². The summed E-state index contributed by atoms with van der Waals surface area (Å²) >= 11 is 0. The summed E-state index contributed by atoms with van der Waals surface area (Å²) in [5.74, 6) is -0.375. The summed E-state index contributed by atoms with van der Waals surface area (Å²) in [6.45, 7) is 3.02. The van der Waals surface area contributed by atoms with Crippen LogP contribution in [0, 0.1) is 0 Å². The highest BCUT2D eigenvalue weighted by Crippen LogP contribution is 2.28. The SMILES string of the molecule is CC(C)(OC(N)=O)C(=O)NC1CCCc2cccnc21. The molecule has 1 aliphatic rings. The van der Waals surface area contributed by atoms with Gasteiger partial charge in [-0.25, -0.2) is 4.79 Å². The predicted molar refractivity (Wildman–Crippen MR) is 72.8 cm³/mol. The molecule has 0 aromatic carbocycles. The summed E-state index contributed by atoms with van der Waals surface area (Å²) in [5.41, 5.74) is 5.72. The summed E-state index contributed by atoms with van der Waals surface area (Å²) in [5, 5.41) is 2.89. The molecule has 0 radical (unpaired) electrons. The summed E-state index contributed by atoms with van der Waals surface area (Å²) in [6.07, 6.45) is 3.53. The fourth-order valence-corrected chi connectivity index (χ4v) is 2.38. The van der Waals surface area contributed by atoms with Crippen molar-refractivity contribution in [3.63, 3.8) is 0 Å². The van der Waals surface area contributed by atoms with Crippen LogP contribution < -0.4 is 11.1 Å². The Morgan fingerprint density at radius 1 is 1.50 bits per heavy atom. The number of rotatable bonds is 3. The Bertz CT molecular complexity index is 528. The minimum atomic E-state index is -1.29. The Labute approximate surface area is 117 Å². The molecule has 20 heavy (non-hydrogen) atoms. The lowest BCUT2D eigenvalue weighted by atomic mass is 9.91. The van der Waals surface area contributed by atoms with Gasteiger partial charge in [-0.1, -0.05) is 6.07 Å². The number of carbonyl (C=O) groups is 2. The van der Waals surface area contributed by atoms with Crippen molar-refractivity contribution in [2.75, 3.05) is 0 Å². The highest BCUT2D eigenvalue weighted by Gasteiger charge is 2.34. The second-order valence-electron chi connectivity index (χ2n) is 5.40. The maximum absolute atomic E-state index is 12.2. The smallest absolute Gasteiger partial charge is 0.405 e. The van der Waals surface area contributed by atoms with Crippen LogP contribution in [0.5, 0.6) is 0 Å². The molecule has 0 aliphatic heterocycles. The lowest BCUT2D eigenvalue weighted by Gasteiger charge is -2.29. The van der Waals surface area contributed by atoms with Crippen molar-refractivity contribution in [3.05, 3.63) is 29.6 Å². The molecule has 0 fully saturated rings. The van der Waals surface area contributed by atoms with Crippen LogP contribution in [0.1, 0.15) is 44.0 Å². The Balaban J connectivity index is 2.11. The number of nitrogens with zero attached hydrogens (tertiary/aromatic N) is 1. The van der Waals surface area contributed by atoms with E-state index in [-0.39, 0.29) is 11.9 Å². The number of pyridine rings is 1. The van der Waals surface area contributed by atoms with E-state index in [1.165, 1.54) is 13.8 Å². The first kappa shape index (κ1) is 14.3. The third-order valence-corrected chi connectivity index (χ3v) is 3.40. The van der Waals surface area contributed by atoms with Gasteiger partial charge in [0.2, 0.25) is 0 Å². The second-order valence-corrected chi connectivity index (χ2v) is 5.40. The van der Waals surface area contributed by atoms with Crippen molar-refractivity contribution in [2.45, 2.75) is 44.8 Å². The van der Waals surface area contributed by atoms with Crippen LogP contribution in [0.25, 0.3) is 0 Å². The first-order valence-corrected chi connectivity index (χ1v) is 6.63. The largest absolute Gasteiger partial charge is 0.434 e. The quantitative estimate of drug-likeness (QED) is 0.874. The molecule has 2 amide bonds. The molecule has 0 saturated carbocycles. The number of hydrogen-bond donors (Lipinski definition) is 2. The summed E-state index contributed by atoms with van der Waals surface area (Å²) in [7, 11) is 0. The molecular weight excluding hydrogens is 258 g/mol. The van der Waals surface area contributed by atoms with E-state index < -0.39 is 11.7 Å². The van der Waals surface area contributed by atoms with E-state index >= 15 is 0 Å². The minimum Gasteiger partial charge on any atom is -0.434 e. The standard InChI is InChI=1S/C14H19N3O3/c1-14(2,20-13(15)19)12(18)17-10-7-3-5-9-6-4-8-16-11(9)10/h4,6,8,10H,3,5,7H2,1-2H3,(H2,15,19)(H,17,18). The van der Waals surface area contributed by atoms with Crippen LogP contribution in [0.3, 0.4) is 0 Å². The Kier molecular flexibility index (Phi) is 3.92. The molecule has 1 heterocycles. The number of aryl methyl sites for hydroxylation is 1. The fraction of sp³-hybridized carbons (Fsp3) is 0.500. The monoisotopic (exact) mass is 277 g/mol. The summed E-state index contributed by atoms with van der Waals surface area (Å²) < 4.78 is 4.84. The summed E-state index contributed by atoms with van der Waals surface area (Å²) in [4.78, 5) is 27.4. The van der Waals surface area contributed by atoms with Crippen molar-refractivity contribution in [1.29, 1.82) is 0 Å². The molecular formula is C14H19N3O3. The molecule has 0 saturated heterocycles. The van der Waals surface area contributed by atoms with Gasteiger partial charge in [0.1, 0.15) is 0 Å². The van der Waals surface area contributed by atoms with Gasteiger partial charge >= 0.3 is 6.09 Å². The normalized spacial score (nSPS) is 18.0. The number of aromatic nitrogens is 1. The third-order valence-electron chi connectivity index (χ3n) is 3.40. The molecule has 0 bridgehead atoms. The Hall–Kier alpha value is -2.11. The van der Waals surface area contributed by atoms with Gasteiger partial charge in [0.15, 0.2) is 5.60 Å². The van der Waals surface area contributed by atoms with Gasteiger partial charge in [0.25, 0.3) is 5.91 Å². The van der Waals surface area contributed by atoms with E-state index in [1.54, 1.807) is 6.20 Å². The average Bonchev–Trinajstić information content (AvgIpc) is 2.37. The molecule has 1 aromatic rings. The van der Waals surface area contributed by atoms with Crippen LogP contribution >= 0.6 is 0 Å². The van der Waals surface area contributed by atoms with Gasteiger partial charge in [-0.3, -0.25) is 9.78 Å². The van der Waals surface area contributed by atoms with Gasteiger partial charge in [-0.05, 0) is 44.7 Å². The molecule has 3 N–H and O–H groups in total.